The molecular weight excluding hydrogens is 102 g/mol. The van der Waals surface area contributed by atoms with Crippen LogP contribution in [0, 0.1) is 5.21 Å². The Hall–Kier alpha value is -0.280. The Kier molecular flexibility index (Phi) is 2.71. The molecule has 0 spiro atoms. The number of hydrogen-bond donors (Lipinski definition) is 3. The van der Waals surface area contributed by atoms with E-state index in [1.165, 1.54) is 0 Å². The van der Waals surface area contributed by atoms with Gasteiger partial charge in [0.15, 0.2) is 0 Å². The maximum Gasteiger partial charge on any atom is -0.0373 e. The third-order valence-corrected chi connectivity index (χ3v) is 0.175. The van der Waals surface area contributed by atoms with Gasteiger partial charge in [-0.15, -0.1) is 0 Å². The van der Waals surface area contributed by atoms with E-state index in [9.17, 15) is 5.21 Å². The number of nitrogens with zero attached hydrogens (tertiary/aromatic N) is 2. The van der Waals surface area contributed by atoms with Crippen LogP contribution in [-0.4, -0.2) is 10.6 Å². The van der Waals surface area contributed by atoms with Crippen molar-refractivity contribution in [3.8, 4) is 0 Å². The Morgan fingerprint density at radius 2 is 1.71 bits per heavy atom. The summed E-state index contributed by atoms with van der Waals surface area (Å²) in [7, 11) is 0. The van der Waals surface area contributed by atoms with E-state index < -0.39 is 0 Å². The minimum absolute atomic E-state index is 0.188. The van der Waals surface area contributed by atoms with Gasteiger partial charge in [0.1, 0.15) is 0 Å². The van der Waals surface area contributed by atoms with Crippen molar-refractivity contribution >= 4 is 0 Å². The molecule has 6 N–H and O–H groups in total. The minimum atomic E-state index is -0.375. The number of hydrogen-bond acceptors (Lipinski definition) is 7. The molecule has 0 amide bonds. The van der Waals surface area contributed by atoms with Gasteiger partial charge in [0.25, 0.3) is 0 Å². The van der Waals surface area contributed by atoms with E-state index in [4.69, 9.17) is 0 Å². The zero-order valence-electron chi connectivity index (χ0n) is 3.44. The largest absolute Gasteiger partial charge is 0.747 e. The lowest BCUT2D eigenvalue weighted by Crippen LogP contribution is -2.44. The molecule has 0 saturated carbocycles. The van der Waals surface area contributed by atoms with E-state index in [2.05, 4.69) is 22.5 Å². The Balaban J connectivity index is 2.95. The average Bonchev–Trinajstić information content (AvgIpc) is 1.27. The summed E-state index contributed by atoms with van der Waals surface area (Å²) in [6.07, 6.45) is 0. The standard InChI is InChI=1S/H6N5O2/c1-4(2)7-5(3)6/h1-3H2/q-1. The van der Waals surface area contributed by atoms with Crippen molar-refractivity contribution in [2.24, 2.45) is 17.5 Å². The fourth-order valence-corrected chi connectivity index (χ4v) is 0.0929. The lowest BCUT2D eigenvalue weighted by Gasteiger charge is -2.21. The monoisotopic (exact) mass is 108 g/mol. The molecule has 0 unspecified atom stereocenters. The molecule has 0 fully saturated rings. The van der Waals surface area contributed by atoms with E-state index in [0.717, 1.165) is 0 Å². The molecule has 7 nitrogen and oxygen atoms in total. The predicted molar refractivity (Wildman–Crippen MR) is 20.7 cm³/mol. The second kappa shape index (κ2) is 2.82. The topological polar surface area (TPSA) is 117 Å². The van der Waals surface area contributed by atoms with Crippen molar-refractivity contribution in [3.05, 3.63) is 5.21 Å². The molecule has 44 valence electrons. The summed E-state index contributed by atoms with van der Waals surface area (Å²) in [6.45, 7) is 0. The Bertz CT molecular complexity index is 35.3. The molecule has 0 radical (unpaired) electrons. The van der Waals surface area contributed by atoms with Crippen LogP contribution >= 0.6 is 0 Å². The van der Waals surface area contributed by atoms with Crippen LogP contribution in [0.2, 0.25) is 0 Å². The first-order valence-electron chi connectivity index (χ1n) is 1.32. The van der Waals surface area contributed by atoms with Gasteiger partial charge in [-0.1, -0.05) is 0 Å². The van der Waals surface area contributed by atoms with Gasteiger partial charge in [0, 0.05) is 0 Å². The lowest BCUT2D eigenvalue weighted by atomic mass is 12.4. The van der Waals surface area contributed by atoms with Crippen LogP contribution in [-0.2, 0) is 4.94 Å². The predicted octanol–water partition coefficient (Wildman–Crippen LogP) is -2.44. The van der Waals surface area contributed by atoms with Gasteiger partial charge in [-0.3, -0.25) is 5.84 Å². The summed E-state index contributed by atoms with van der Waals surface area (Å²) >= 11 is 0. The molecule has 0 aromatic heterocycles. The van der Waals surface area contributed by atoms with Crippen molar-refractivity contribution in [3.63, 3.8) is 0 Å². The Morgan fingerprint density at radius 3 is 1.71 bits per heavy atom. The highest BCUT2D eigenvalue weighted by Gasteiger charge is 1.83. The van der Waals surface area contributed by atoms with Crippen LogP contribution in [0.25, 0.3) is 0 Å². The van der Waals surface area contributed by atoms with Gasteiger partial charge in [0.05, 0.1) is 0 Å². The van der Waals surface area contributed by atoms with Gasteiger partial charge in [-0.05, 0) is 5.28 Å². The van der Waals surface area contributed by atoms with Crippen LogP contribution in [0.15, 0.2) is 0 Å². The van der Waals surface area contributed by atoms with E-state index in [1.807, 2.05) is 0 Å². The van der Waals surface area contributed by atoms with Crippen LogP contribution in [0.3, 0.4) is 0 Å². The normalized spacial score (nSPS) is 11.1. The van der Waals surface area contributed by atoms with Gasteiger partial charge in [-0.25, -0.2) is 11.7 Å². The van der Waals surface area contributed by atoms with E-state index >= 15 is 0 Å². The first kappa shape index (κ1) is 6.72. The van der Waals surface area contributed by atoms with Crippen LogP contribution < -0.4 is 17.5 Å². The Labute approximate surface area is 39.6 Å². The van der Waals surface area contributed by atoms with Gasteiger partial charge < -0.3 is 5.21 Å². The summed E-state index contributed by atoms with van der Waals surface area (Å²) in [5.74, 6) is 13.5. The molecule has 0 aliphatic heterocycles. The maximum atomic E-state index is 9.52. The molecule has 0 rings (SSSR count). The molecule has 0 aliphatic rings. The van der Waals surface area contributed by atoms with Crippen molar-refractivity contribution in [1.29, 1.82) is 0 Å². The Morgan fingerprint density at radius 1 is 1.29 bits per heavy atom. The molecule has 0 bridgehead atoms. The molecule has 7 heavy (non-hydrogen) atoms. The zero-order chi connectivity index (χ0) is 5.86. The summed E-state index contributed by atoms with van der Waals surface area (Å²) in [5.41, 5.74) is 0. The molecule has 0 heterocycles. The quantitative estimate of drug-likeness (QED) is 0.265. The van der Waals surface area contributed by atoms with Gasteiger partial charge in [-0.2, -0.15) is 10.3 Å². The summed E-state index contributed by atoms with van der Waals surface area (Å²) in [4.78, 5) is 3.69. The molecular formula is H6N5O2-. The lowest BCUT2D eigenvalue weighted by molar-refractivity contribution is -0.312. The smallest absolute Gasteiger partial charge is 0.0373 e. The highest BCUT2D eigenvalue weighted by atomic mass is 17.0. The van der Waals surface area contributed by atoms with Gasteiger partial charge in [0.2, 0.25) is 0 Å². The van der Waals surface area contributed by atoms with Gasteiger partial charge >= 0.3 is 0 Å². The fraction of sp³-hybridized carbons (Fsp3) is 0. The molecule has 0 aromatic rings. The van der Waals surface area contributed by atoms with Crippen LogP contribution in [0.1, 0.15) is 0 Å². The highest BCUT2D eigenvalue weighted by Crippen LogP contribution is 1.69. The fourth-order valence-electron chi connectivity index (χ4n) is 0.0929. The summed E-state index contributed by atoms with van der Waals surface area (Å²) in [5, 5.41) is 9.34. The molecule has 0 aromatic carbocycles. The minimum Gasteiger partial charge on any atom is -0.747 e. The third kappa shape index (κ3) is 5.72. The van der Waals surface area contributed by atoms with E-state index in [0.29, 0.717) is 0 Å². The average molecular weight is 108 g/mol. The first-order chi connectivity index (χ1) is 3.13. The van der Waals surface area contributed by atoms with Crippen molar-refractivity contribution in [2.45, 2.75) is 0 Å². The van der Waals surface area contributed by atoms with Crippen molar-refractivity contribution in [1.82, 2.24) is 10.6 Å². The number of nitrogens with two attached hydrogens (primary N) is 3. The summed E-state index contributed by atoms with van der Waals surface area (Å²) in [6, 6.07) is 0. The highest BCUT2D eigenvalue weighted by molar-refractivity contribution is 4.13. The van der Waals surface area contributed by atoms with Crippen LogP contribution in [0.5, 0.6) is 0 Å². The van der Waals surface area contributed by atoms with E-state index in [-0.39, 0.29) is 10.6 Å². The van der Waals surface area contributed by atoms with Crippen molar-refractivity contribution < 1.29 is 4.94 Å². The molecule has 0 atom stereocenters. The van der Waals surface area contributed by atoms with E-state index in [1.54, 1.807) is 0 Å². The molecule has 0 saturated heterocycles. The SMILES string of the molecule is NN(N)ON(N)[O-]. The third-order valence-electron chi connectivity index (χ3n) is 0.175. The first-order valence-corrected chi connectivity index (χ1v) is 1.32. The zero-order valence-corrected chi connectivity index (χ0v) is 3.44. The number of rotatable bonds is 2. The molecule has 7 heteroatoms. The molecule has 0 aliphatic carbocycles. The number of hydrazine groups is 3. The maximum absolute atomic E-state index is 9.52. The summed E-state index contributed by atoms with van der Waals surface area (Å²) < 4.78 is 0. The second-order valence-corrected chi connectivity index (χ2v) is 0.727. The second-order valence-electron chi connectivity index (χ2n) is 0.727. The van der Waals surface area contributed by atoms with Crippen LogP contribution in [0.4, 0.5) is 0 Å². The van der Waals surface area contributed by atoms with Crippen molar-refractivity contribution in [2.75, 3.05) is 0 Å².